The Balaban J connectivity index is 1.80. The molecular weight excluding hydrogens is 292 g/mol. The number of carbonyl (C=O) groups is 2. The molecule has 0 saturated heterocycles. The SMILES string of the molecule is C=CC(=O)OCCCC(=O)Oc1ccc(-c2ccccc2)cc1. The lowest BCUT2D eigenvalue weighted by Gasteiger charge is -2.06. The zero-order valence-electron chi connectivity index (χ0n) is 12.7. The van der Waals surface area contributed by atoms with E-state index in [2.05, 4.69) is 6.58 Å². The van der Waals surface area contributed by atoms with Crippen LogP contribution < -0.4 is 4.74 Å². The van der Waals surface area contributed by atoms with Gasteiger partial charge < -0.3 is 9.47 Å². The van der Waals surface area contributed by atoms with E-state index in [-0.39, 0.29) is 19.0 Å². The second-order valence-corrected chi connectivity index (χ2v) is 4.84. The Labute approximate surface area is 135 Å². The number of esters is 2. The van der Waals surface area contributed by atoms with E-state index in [1.54, 1.807) is 12.1 Å². The topological polar surface area (TPSA) is 52.6 Å². The lowest BCUT2D eigenvalue weighted by atomic mass is 10.1. The first-order chi connectivity index (χ1) is 11.2. The predicted octanol–water partition coefficient (Wildman–Crippen LogP) is 3.77. The normalized spacial score (nSPS) is 9.91. The number of rotatable bonds is 7. The summed E-state index contributed by atoms with van der Waals surface area (Å²) in [4.78, 5) is 22.5. The molecule has 0 aliphatic heterocycles. The van der Waals surface area contributed by atoms with Crippen LogP contribution in [0.2, 0.25) is 0 Å². The number of carbonyl (C=O) groups excluding carboxylic acids is 2. The van der Waals surface area contributed by atoms with E-state index in [9.17, 15) is 9.59 Å². The van der Waals surface area contributed by atoms with Crippen LogP contribution in [-0.4, -0.2) is 18.5 Å². The zero-order chi connectivity index (χ0) is 16.5. The molecule has 2 rings (SSSR count). The summed E-state index contributed by atoms with van der Waals surface area (Å²) in [5.41, 5.74) is 2.16. The van der Waals surface area contributed by atoms with Crippen LogP contribution >= 0.6 is 0 Å². The summed E-state index contributed by atoms with van der Waals surface area (Å²) in [5, 5.41) is 0. The molecule has 0 aromatic heterocycles. The van der Waals surface area contributed by atoms with Crippen LogP contribution in [0.15, 0.2) is 67.3 Å². The molecule has 0 bridgehead atoms. The highest BCUT2D eigenvalue weighted by molar-refractivity contribution is 5.81. The third kappa shape index (κ3) is 5.43. The third-order valence-corrected chi connectivity index (χ3v) is 3.13. The van der Waals surface area contributed by atoms with Gasteiger partial charge in [-0.1, -0.05) is 49.0 Å². The Morgan fingerprint density at radius 2 is 1.61 bits per heavy atom. The molecule has 0 aliphatic rings. The van der Waals surface area contributed by atoms with Crippen LogP contribution in [0.1, 0.15) is 12.8 Å². The zero-order valence-corrected chi connectivity index (χ0v) is 12.7. The van der Waals surface area contributed by atoms with E-state index in [4.69, 9.17) is 9.47 Å². The maximum Gasteiger partial charge on any atom is 0.330 e. The van der Waals surface area contributed by atoms with Crippen molar-refractivity contribution in [1.29, 1.82) is 0 Å². The summed E-state index contributed by atoms with van der Waals surface area (Å²) in [6, 6.07) is 17.3. The molecule has 0 saturated carbocycles. The molecule has 0 radical (unpaired) electrons. The minimum atomic E-state index is -0.491. The van der Waals surface area contributed by atoms with E-state index in [0.29, 0.717) is 12.2 Å². The second kappa shape index (κ2) is 8.54. The quantitative estimate of drug-likeness (QED) is 0.338. The Morgan fingerprint density at radius 1 is 0.957 bits per heavy atom. The van der Waals surface area contributed by atoms with E-state index in [1.165, 1.54) is 0 Å². The molecule has 2 aromatic rings. The van der Waals surface area contributed by atoms with Gasteiger partial charge in [0, 0.05) is 12.5 Å². The molecule has 0 heterocycles. The van der Waals surface area contributed by atoms with Gasteiger partial charge in [-0.25, -0.2) is 4.79 Å². The van der Waals surface area contributed by atoms with E-state index in [1.807, 2.05) is 42.5 Å². The standard InChI is InChI=1S/C19H18O4/c1-2-18(20)22-14-6-9-19(21)23-17-12-10-16(11-13-17)15-7-4-3-5-8-15/h2-5,7-8,10-13H,1,6,9,14H2. The van der Waals surface area contributed by atoms with Crippen LogP contribution in [-0.2, 0) is 14.3 Å². The molecule has 4 nitrogen and oxygen atoms in total. The number of hydrogen-bond donors (Lipinski definition) is 0. The lowest BCUT2D eigenvalue weighted by Crippen LogP contribution is -2.10. The molecule has 0 amide bonds. The second-order valence-electron chi connectivity index (χ2n) is 4.84. The van der Waals surface area contributed by atoms with Gasteiger partial charge in [-0.05, 0) is 29.7 Å². The van der Waals surface area contributed by atoms with Gasteiger partial charge in [0.05, 0.1) is 6.61 Å². The fourth-order valence-electron chi connectivity index (χ4n) is 1.98. The fourth-order valence-corrected chi connectivity index (χ4v) is 1.98. The minimum Gasteiger partial charge on any atom is -0.463 e. The van der Waals surface area contributed by atoms with Gasteiger partial charge in [0.15, 0.2) is 0 Å². The molecule has 0 N–H and O–H groups in total. The van der Waals surface area contributed by atoms with Crippen LogP contribution in [0.5, 0.6) is 5.75 Å². The van der Waals surface area contributed by atoms with Crippen molar-refractivity contribution in [3.8, 4) is 16.9 Å². The third-order valence-electron chi connectivity index (χ3n) is 3.13. The first-order valence-electron chi connectivity index (χ1n) is 7.34. The minimum absolute atomic E-state index is 0.174. The summed E-state index contributed by atoms with van der Waals surface area (Å²) < 4.78 is 10.0. The van der Waals surface area contributed by atoms with Crippen molar-refractivity contribution in [3.05, 3.63) is 67.3 Å². The maximum atomic E-state index is 11.7. The highest BCUT2D eigenvalue weighted by Gasteiger charge is 2.06. The van der Waals surface area contributed by atoms with E-state index < -0.39 is 5.97 Å². The van der Waals surface area contributed by atoms with Crippen LogP contribution in [0, 0.1) is 0 Å². The molecule has 118 valence electrons. The maximum absolute atomic E-state index is 11.7. The van der Waals surface area contributed by atoms with Gasteiger partial charge >= 0.3 is 11.9 Å². The van der Waals surface area contributed by atoms with Crippen molar-refractivity contribution in [3.63, 3.8) is 0 Å². The largest absolute Gasteiger partial charge is 0.463 e. The molecule has 2 aromatic carbocycles. The molecule has 23 heavy (non-hydrogen) atoms. The first kappa shape index (κ1) is 16.5. The molecular formula is C19H18O4. The molecule has 0 atom stereocenters. The summed E-state index contributed by atoms with van der Waals surface area (Å²) in [6.07, 6.45) is 1.69. The highest BCUT2D eigenvalue weighted by atomic mass is 16.5. The fraction of sp³-hybridized carbons (Fsp3) is 0.158. The van der Waals surface area contributed by atoms with Gasteiger partial charge in [0.1, 0.15) is 5.75 Å². The van der Waals surface area contributed by atoms with Crippen LogP contribution in [0.25, 0.3) is 11.1 Å². The summed E-state index contributed by atoms with van der Waals surface area (Å²) >= 11 is 0. The first-order valence-corrected chi connectivity index (χ1v) is 7.34. The molecule has 0 fully saturated rings. The van der Waals surface area contributed by atoms with Crippen molar-refractivity contribution in [2.75, 3.05) is 6.61 Å². The summed E-state index contributed by atoms with van der Waals surface area (Å²) in [7, 11) is 0. The number of benzene rings is 2. The molecule has 0 spiro atoms. The van der Waals surface area contributed by atoms with Gasteiger partial charge in [-0.15, -0.1) is 0 Å². The van der Waals surface area contributed by atoms with Gasteiger partial charge in [-0.3, -0.25) is 4.79 Å². The van der Waals surface area contributed by atoms with Gasteiger partial charge in [0.25, 0.3) is 0 Å². The van der Waals surface area contributed by atoms with Crippen molar-refractivity contribution in [2.24, 2.45) is 0 Å². The monoisotopic (exact) mass is 310 g/mol. The lowest BCUT2D eigenvalue weighted by molar-refractivity contribution is -0.140. The molecule has 0 aliphatic carbocycles. The average molecular weight is 310 g/mol. The van der Waals surface area contributed by atoms with Crippen molar-refractivity contribution >= 4 is 11.9 Å². The summed E-state index contributed by atoms with van der Waals surface area (Å²) in [5.74, 6) is -0.347. The van der Waals surface area contributed by atoms with Crippen molar-refractivity contribution < 1.29 is 19.1 Å². The van der Waals surface area contributed by atoms with E-state index >= 15 is 0 Å². The van der Waals surface area contributed by atoms with Crippen LogP contribution in [0.4, 0.5) is 0 Å². The predicted molar refractivity (Wildman–Crippen MR) is 87.9 cm³/mol. The molecule has 0 unspecified atom stereocenters. The Kier molecular flexibility index (Phi) is 6.12. The highest BCUT2D eigenvalue weighted by Crippen LogP contribution is 2.22. The Morgan fingerprint density at radius 3 is 2.26 bits per heavy atom. The van der Waals surface area contributed by atoms with E-state index in [0.717, 1.165) is 17.2 Å². The average Bonchev–Trinajstić information content (AvgIpc) is 2.60. The molecule has 4 heteroatoms. The van der Waals surface area contributed by atoms with Crippen molar-refractivity contribution in [1.82, 2.24) is 0 Å². The van der Waals surface area contributed by atoms with Crippen LogP contribution in [0.3, 0.4) is 0 Å². The van der Waals surface area contributed by atoms with Gasteiger partial charge in [-0.2, -0.15) is 0 Å². The Bertz CT molecular complexity index is 660. The van der Waals surface area contributed by atoms with Gasteiger partial charge in [0.2, 0.25) is 0 Å². The smallest absolute Gasteiger partial charge is 0.330 e. The Hall–Kier alpha value is -2.88. The van der Waals surface area contributed by atoms with Crippen molar-refractivity contribution in [2.45, 2.75) is 12.8 Å². The number of ether oxygens (including phenoxy) is 2. The number of hydrogen-bond acceptors (Lipinski definition) is 4. The summed E-state index contributed by atoms with van der Waals surface area (Å²) in [6.45, 7) is 3.47.